The molecule has 3 rings (SSSR count). The van der Waals surface area contributed by atoms with Crippen LogP contribution in [0.1, 0.15) is 18.4 Å². The van der Waals surface area contributed by atoms with E-state index in [2.05, 4.69) is 5.32 Å². The first-order valence-corrected chi connectivity index (χ1v) is 10.8. The Kier molecular flexibility index (Phi) is 7.64. The predicted molar refractivity (Wildman–Crippen MR) is 126 cm³/mol. The average Bonchev–Trinajstić information content (AvgIpc) is 3.07. The van der Waals surface area contributed by atoms with E-state index in [4.69, 9.17) is 5.73 Å². The molecule has 0 saturated heterocycles. The van der Waals surface area contributed by atoms with Gasteiger partial charge in [0.2, 0.25) is 11.8 Å². The third-order valence-corrected chi connectivity index (χ3v) is 5.78. The van der Waals surface area contributed by atoms with E-state index < -0.39 is 23.5 Å². The summed E-state index contributed by atoms with van der Waals surface area (Å²) in [7, 11) is 3.56. The second kappa shape index (κ2) is 10.6. The number of anilines is 2. The molecule has 34 heavy (non-hydrogen) atoms. The van der Waals surface area contributed by atoms with Crippen LogP contribution in [-0.2, 0) is 20.8 Å². The lowest BCUT2D eigenvalue weighted by atomic mass is 9.98. The zero-order valence-corrected chi connectivity index (χ0v) is 19.0. The maximum absolute atomic E-state index is 13.1. The molecule has 1 atom stereocenters. The molecule has 0 radical (unpaired) electrons. The molecule has 1 aliphatic rings. The van der Waals surface area contributed by atoms with Gasteiger partial charge in [0.15, 0.2) is 5.78 Å². The van der Waals surface area contributed by atoms with E-state index in [1.54, 1.807) is 36.0 Å². The van der Waals surface area contributed by atoms with Crippen LogP contribution in [-0.4, -0.2) is 38.2 Å². The number of benzene rings is 2. The highest BCUT2D eigenvalue weighted by Crippen LogP contribution is 2.40. The number of rotatable bonds is 9. The Morgan fingerprint density at radius 2 is 1.62 bits per heavy atom. The van der Waals surface area contributed by atoms with E-state index in [9.17, 15) is 24.0 Å². The van der Waals surface area contributed by atoms with Gasteiger partial charge in [-0.2, -0.15) is 5.26 Å². The molecule has 0 aliphatic carbocycles. The van der Waals surface area contributed by atoms with E-state index >= 15 is 0 Å². The van der Waals surface area contributed by atoms with Crippen molar-refractivity contribution < 1.29 is 18.8 Å². The lowest BCUT2D eigenvalue weighted by Gasteiger charge is -2.20. The fourth-order valence-corrected chi connectivity index (χ4v) is 3.91. The maximum atomic E-state index is 13.1. The average molecular weight is 464 g/mol. The molecule has 1 aliphatic heterocycles. The molecule has 0 spiro atoms. The van der Waals surface area contributed by atoms with Crippen LogP contribution in [0.15, 0.2) is 59.9 Å². The Labute approximate surface area is 197 Å². The normalized spacial score (nSPS) is 13.2. The zero-order valence-electron chi connectivity index (χ0n) is 19.0. The molecule has 9 heteroatoms. The Hall–Kier alpha value is -4.19. The lowest BCUT2D eigenvalue weighted by Crippen LogP contribution is -2.37. The van der Waals surface area contributed by atoms with Gasteiger partial charge in [0.25, 0.3) is 0 Å². The van der Waals surface area contributed by atoms with Gasteiger partial charge >= 0.3 is 0 Å². The summed E-state index contributed by atoms with van der Waals surface area (Å²) in [6, 6.07) is 15.2. The number of nitrogens with two attached hydrogens (primary N) is 1. The van der Waals surface area contributed by atoms with Crippen molar-refractivity contribution >= 4 is 29.0 Å². The van der Waals surface area contributed by atoms with Gasteiger partial charge < -0.3 is 20.9 Å². The number of hydrogen-bond donors (Lipinski definition) is 2. The van der Waals surface area contributed by atoms with Crippen molar-refractivity contribution in [2.24, 2.45) is 11.7 Å². The number of nitrogens with zero attached hydrogens (tertiary/aromatic N) is 3. The summed E-state index contributed by atoms with van der Waals surface area (Å²) in [4.78, 5) is 40.5. The van der Waals surface area contributed by atoms with Crippen LogP contribution in [0.5, 0.6) is 0 Å². The Balaban J connectivity index is 1.59. The lowest BCUT2D eigenvalue weighted by molar-refractivity contribution is -0.125. The number of carbonyl (C=O) groups is 3. The number of primary amides is 1. The first kappa shape index (κ1) is 24.5. The Morgan fingerprint density at radius 1 is 1.03 bits per heavy atom. The van der Waals surface area contributed by atoms with Gasteiger partial charge in [-0.25, -0.2) is 4.39 Å². The van der Waals surface area contributed by atoms with Crippen molar-refractivity contribution in [2.45, 2.75) is 19.3 Å². The molecular formula is C25H26FN5O3. The van der Waals surface area contributed by atoms with Crippen molar-refractivity contribution in [1.82, 2.24) is 5.32 Å². The maximum Gasteiger partial charge on any atom is 0.222 e. The van der Waals surface area contributed by atoms with E-state index in [0.717, 1.165) is 11.4 Å². The fraction of sp³-hybridized carbons (Fsp3) is 0.280. The van der Waals surface area contributed by atoms with Gasteiger partial charge in [-0.3, -0.25) is 14.4 Å². The van der Waals surface area contributed by atoms with E-state index in [-0.39, 0.29) is 37.2 Å². The van der Waals surface area contributed by atoms with Gasteiger partial charge in [0, 0.05) is 33.5 Å². The van der Waals surface area contributed by atoms with Crippen molar-refractivity contribution in [3.8, 4) is 6.07 Å². The number of carbonyl (C=O) groups excluding carboxylic acids is 3. The fourth-order valence-electron chi connectivity index (χ4n) is 3.91. The molecule has 8 nitrogen and oxygen atoms in total. The van der Waals surface area contributed by atoms with Gasteiger partial charge in [0.05, 0.1) is 17.3 Å². The summed E-state index contributed by atoms with van der Waals surface area (Å²) in [5.74, 6) is -2.08. The molecule has 1 unspecified atom stereocenters. The summed E-state index contributed by atoms with van der Waals surface area (Å²) in [5, 5.41) is 12.3. The monoisotopic (exact) mass is 463 g/mol. The minimum Gasteiger partial charge on any atom is -0.369 e. The number of nitriles is 1. The minimum atomic E-state index is -0.679. The van der Waals surface area contributed by atoms with Crippen molar-refractivity contribution in [3.63, 3.8) is 0 Å². The highest BCUT2D eigenvalue weighted by Gasteiger charge is 2.31. The SMILES string of the molecule is CN1C(=C(C#N)C(=O)CCC(=O)NCC(Cc2ccc(F)cc2)C(N)=O)N(C)c2ccccc21. The van der Waals surface area contributed by atoms with Crippen LogP contribution < -0.4 is 20.9 Å². The molecule has 1 heterocycles. The topological polar surface area (TPSA) is 120 Å². The number of amides is 2. The van der Waals surface area contributed by atoms with E-state index in [0.29, 0.717) is 11.4 Å². The number of ketones is 1. The van der Waals surface area contributed by atoms with E-state index in [1.807, 2.05) is 30.3 Å². The summed E-state index contributed by atoms with van der Waals surface area (Å²) < 4.78 is 13.1. The van der Waals surface area contributed by atoms with Crippen LogP contribution in [0.25, 0.3) is 0 Å². The molecule has 2 aromatic rings. The molecule has 3 N–H and O–H groups in total. The molecule has 0 fully saturated rings. The second-order valence-electron chi connectivity index (χ2n) is 8.07. The second-order valence-corrected chi connectivity index (χ2v) is 8.07. The first-order chi connectivity index (χ1) is 16.2. The number of Topliss-reactive ketones (excluding diaryl/α,β-unsaturated/α-hetero) is 1. The summed E-state index contributed by atoms with van der Waals surface area (Å²) in [6.45, 7) is -0.00723. The zero-order chi connectivity index (χ0) is 24.8. The van der Waals surface area contributed by atoms with Gasteiger partial charge in [0.1, 0.15) is 23.3 Å². The molecule has 176 valence electrons. The number of nitrogens with one attached hydrogen (secondary N) is 1. The highest BCUT2D eigenvalue weighted by molar-refractivity contribution is 6.03. The molecular weight excluding hydrogens is 437 g/mol. The van der Waals surface area contributed by atoms with Gasteiger partial charge in [-0.05, 0) is 36.2 Å². The quantitative estimate of drug-likeness (QED) is 0.435. The predicted octanol–water partition coefficient (Wildman–Crippen LogP) is 2.26. The third kappa shape index (κ3) is 5.41. The first-order valence-electron chi connectivity index (χ1n) is 10.8. The van der Waals surface area contributed by atoms with Crippen LogP contribution in [0.2, 0.25) is 0 Å². The molecule has 2 amide bonds. The van der Waals surface area contributed by atoms with E-state index in [1.165, 1.54) is 12.1 Å². The van der Waals surface area contributed by atoms with Crippen molar-refractivity contribution in [2.75, 3.05) is 30.4 Å². The van der Waals surface area contributed by atoms with Crippen LogP contribution in [0, 0.1) is 23.1 Å². The van der Waals surface area contributed by atoms with Crippen LogP contribution in [0.4, 0.5) is 15.8 Å². The Bertz CT molecular complexity index is 1140. The molecule has 0 saturated carbocycles. The van der Waals surface area contributed by atoms with Gasteiger partial charge in [-0.15, -0.1) is 0 Å². The standard InChI is InChI=1S/C25H26FN5O3/c1-30-20-5-3-4-6-21(20)31(2)25(30)19(14-27)22(32)11-12-23(33)29-15-17(24(28)34)13-16-7-9-18(26)10-8-16/h3-10,17H,11-13,15H2,1-2H3,(H2,28,34)(H,29,33). The number of hydrogen-bond acceptors (Lipinski definition) is 6. The van der Waals surface area contributed by atoms with Crippen molar-refractivity contribution in [3.05, 3.63) is 71.3 Å². The smallest absolute Gasteiger partial charge is 0.222 e. The van der Waals surface area contributed by atoms with Crippen LogP contribution in [0.3, 0.4) is 0 Å². The van der Waals surface area contributed by atoms with Gasteiger partial charge in [-0.1, -0.05) is 24.3 Å². The molecule has 0 aromatic heterocycles. The highest BCUT2D eigenvalue weighted by atomic mass is 19.1. The Morgan fingerprint density at radius 3 is 2.15 bits per heavy atom. The third-order valence-electron chi connectivity index (χ3n) is 5.78. The number of para-hydroxylation sites is 2. The molecule has 0 bridgehead atoms. The van der Waals surface area contributed by atoms with Crippen molar-refractivity contribution in [1.29, 1.82) is 5.26 Å². The largest absolute Gasteiger partial charge is 0.369 e. The molecule has 2 aromatic carbocycles. The minimum absolute atomic E-state index is 0.00723. The summed E-state index contributed by atoms with van der Waals surface area (Å²) in [5.41, 5.74) is 7.87. The number of halogens is 1. The summed E-state index contributed by atoms with van der Waals surface area (Å²) in [6.07, 6.45) is -0.0477. The number of fused-ring (bicyclic) bond motifs is 1. The van der Waals surface area contributed by atoms with Crippen LogP contribution >= 0.6 is 0 Å². The number of allylic oxidation sites excluding steroid dienone is 1. The summed E-state index contributed by atoms with van der Waals surface area (Å²) >= 11 is 0.